The van der Waals surface area contributed by atoms with Gasteiger partial charge in [-0.1, -0.05) is 29.5 Å². The lowest BCUT2D eigenvalue weighted by Crippen LogP contribution is -2.40. The van der Waals surface area contributed by atoms with Crippen LogP contribution in [0.3, 0.4) is 0 Å². The maximum Gasteiger partial charge on any atom is 0.266 e. The summed E-state index contributed by atoms with van der Waals surface area (Å²) in [5.74, 6) is 0.418. The van der Waals surface area contributed by atoms with Gasteiger partial charge in [0, 0.05) is 26.2 Å². The number of hydrogen-bond donors (Lipinski definition) is 0. The molecule has 0 radical (unpaired) electrons. The van der Waals surface area contributed by atoms with Crippen molar-refractivity contribution in [3.05, 3.63) is 48.3 Å². The van der Waals surface area contributed by atoms with Crippen molar-refractivity contribution in [1.82, 2.24) is 9.88 Å². The number of nitrogens with zero attached hydrogens (tertiary/aromatic N) is 3. The number of benzene rings is 2. The topological polar surface area (TPSA) is 64.1 Å². The Hall–Kier alpha value is -2.75. The molecule has 9 heteroatoms. The van der Waals surface area contributed by atoms with Crippen molar-refractivity contribution in [2.75, 3.05) is 58.0 Å². The third-order valence-corrected chi connectivity index (χ3v) is 6.31. The summed E-state index contributed by atoms with van der Waals surface area (Å²) in [4.78, 5) is 21.5. The fraction of sp³-hybridized carbons (Fsp3) is 0.391. The molecule has 3 aromatic rings. The van der Waals surface area contributed by atoms with E-state index in [-0.39, 0.29) is 18.0 Å². The van der Waals surface area contributed by atoms with Gasteiger partial charge in [0.2, 0.25) is 0 Å². The van der Waals surface area contributed by atoms with Gasteiger partial charge >= 0.3 is 0 Å². The Kier molecular flexibility index (Phi) is 7.51. The van der Waals surface area contributed by atoms with E-state index in [1.54, 1.807) is 36.3 Å². The van der Waals surface area contributed by atoms with Crippen molar-refractivity contribution in [3.63, 3.8) is 0 Å². The number of aromatic nitrogens is 1. The molecule has 0 unspecified atom stereocenters. The summed E-state index contributed by atoms with van der Waals surface area (Å²) in [7, 11) is 1.55. The summed E-state index contributed by atoms with van der Waals surface area (Å²) in [6, 6.07) is 12.0. The van der Waals surface area contributed by atoms with Gasteiger partial charge in [-0.2, -0.15) is 0 Å². The molecule has 0 aliphatic carbocycles. The van der Waals surface area contributed by atoms with Crippen molar-refractivity contribution < 1.29 is 23.4 Å². The highest BCUT2D eigenvalue weighted by atomic mass is 32.1. The minimum absolute atomic E-state index is 0.170. The van der Waals surface area contributed by atoms with Gasteiger partial charge in [-0.05, 0) is 30.7 Å². The van der Waals surface area contributed by atoms with E-state index in [9.17, 15) is 9.18 Å². The Morgan fingerprint density at radius 1 is 1.19 bits per heavy atom. The number of fused-ring (bicyclic) bond motifs is 1. The van der Waals surface area contributed by atoms with Crippen molar-refractivity contribution in [1.29, 1.82) is 0 Å². The molecule has 0 atom stereocenters. The van der Waals surface area contributed by atoms with Crippen LogP contribution in [0, 0.1) is 5.82 Å². The Labute approximate surface area is 190 Å². The second kappa shape index (κ2) is 10.7. The Morgan fingerprint density at radius 3 is 2.72 bits per heavy atom. The molecule has 32 heavy (non-hydrogen) atoms. The van der Waals surface area contributed by atoms with Gasteiger partial charge in [-0.25, -0.2) is 9.37 Å². The molecule has 4 rings (SSSR count). The van der Waals surface area contributed by atoms with Gasteiger partial charge in [0.15, 0.2) is 23.2 Å². The second-order valence-corrected chi connectivity index (χ2v) is 8.38. The van der Waals surface area contributed by atoms with E-state index in [4.69, 9.17) is 14.2 Å². The number of halogens is 1. The number of carbonyl (C=O) groups is 1. The third-order valence-electron chi connectivity index (χ3n) is 5.27. The molecular formula is C23H26FN3O4S. The first-order valence-electron chi connectivity index (χ1n) is 10.6. The van der Waals surface area contributed by atoms with Crippen LogP contribution in [0.2, 0.25) is 0 Å². The smallest absolute Gasteiger partial charge is 0.266 e. The number of thiazole rings is 1. The van der Waals surface area contributed by atoms with Crippen LogP contribution in [0.5, 0.6) is 11.5 Å². The number of carbonyl (C=O) groups excluding carboxylic acids is 1. The third kappa shape index (κ3) is 5.35. The van der Waals surface area contributed by atoms with E-state index in [0.29, 0.717) is 27.9 Å². The summed E-state index contributed by atoms with van der Waals surface area (Å²) in [6.45, 7) is 4.37. The molecule has 1 saturated heterocycles. The number of amides is 1. The van der Waals surface area contributed by atoms with Gasteiger partial charge in [0.1, 0.15) is 11.3 Å². The lowest BCUT2D eigenvalue weighted by atomic mass is 10.3. The largest absolute Gasteiger partial charge is 0.493 e. The van der Waals surface area contributed by atoms with Gasteiger partial charge in [-0.3, -0.25) is 14.6 Å². The fourth-order valence-corrected chi connectivity index (χ4v) is 4.60. The number of para-hydroxylation sites is 3. The van der Waals surface area contributed by atoms with Crippen molar-refractivity contribution in [3.8, 4) is 11.5 Å². The minimum Gasteiger partial charge on any atom is -0.493 e. The van der Waals surface area contributed by atoms with Gasteiger partial charge in [-0.15, -0.1) is 0 Å². The highest BCUT2D eigenvalue weighted by Gasteiger charge is 2.22. The molecule has 1 aromatic heterocycles. The van der Waals surface area contributed by atoms with E-state index in [0.717, 1.165) is 39.3 Å². The second-order valence-electron chi connectivity index (χ2n) is 7.38. The molecule has 0 N–H and O–H groups in total. The van der Waals surface area contributed by atoms with Crippen LogP contribution in [0.4, 0.5) is 9.52 Å². The predicted molar refractivity (Wildman–Crippen MR) is 122 cm³/mol. The average Bonchev–Trinajstić information content (AvgIpc) is 3.26. The molecular weight excluding hydrogens is 433 g/mol. The van der Waals surface area contributed by atoms with Crippen LogP contribution in [-0.4, -0.2) is 68.9 Å². The van der Waals surface area contributed by atoms with E-state index >= 15 is 0 Å². The summed E-state index contributed by atoms with van der Waals surface area (Å²) in [5, 5.41) is 0.473. The van der Waals surface area contributed by atoms with E-state index < -0.39 is 5.82 Å². The molecule has 1 aliphatic rings. The summed E-state index contributed by atoms with van der Waals surface area (Å²) >= 11 is 1.30. The van der Waals surface area contributed by atoms with Gasteiger partial charge < -0.3 is 14.2 Å². The van der Waals surface area contributed by atoms with Crippen LogP contribution >= 0.6 is 11.3 Å². The highest BCUT2D eigenvalue weighted by Crippen LogP contribution is 2.31. The molecule has 1 fully saturated rings. The van der Waals surface area contributed by atoms with E-state index in [1.807, 2.05) is 12.1 Å². The van der Waals surface area contributed by atoms with Crippen molar-refractivity contribution in [2.24, 2.45) is 0 Å². The molecule has 1 amide bonds. The minimum atomic E-state index is -0.393. The summed E-state index contributed by atoms with van der Waals surface area (Å²) in [6.07, 6.45) is 0.763. The summed E-state index contributed by atoms with van der Waals surface area (Å²) < 4.78 is 31.3. The monoisotopic (exact) mass is 459 g/mol. The molecule has 2 aromatic carbocycles. The zero-order valence-electron chi connectivity index (χ0n) is 18.0. The van der Waals surface area contributed by atoms with Crippen molar-refractivity contribution in [2.45, 2.75) is 6.42 Å². The SMILES string of the molecule is COc1ccccc1OCC(=O)N(CCCN1CCOCC1)c1nc2c(F)cccc2s1. The van der Waals surface area contributed by atoms with Gasteiger partial charge in [0.25, 0.3) is 5.91 Å². The number of morpholine rings is 1. The molecule has 0 saturated carbocycles. The molecule has 0 spiro atoms. The number of anilines is 1. The number of rotatable bonds is 9. The lowest BCUT2D eigenvalue weighted by molar-refractivity contribution is -0.120. The van der Waals surface area contributed by atoms with Crippen molar-refractivity contribution >= 4 is 32.6 Å². The van der Waals surface area contributed by atoms with Crippen LogP contribution in [0.15, 0.2) is 42.5 Å². The number of methoxy groups -OCH3 is 1. The number of hydrogen-bond acceptors (Lipinski definition) is 7. The first-order valence-corrected chi connectivity index (χ1v) is 11.4. The Balaban J connectivity index is 1.49. The fourth-order valence-electron chi connectivity index (χ4n) is 3.58. The Morgan fingerprint density at radius 2 is 1.97 bits per heavy atom. The standard InChI is InChI=1S/C23H26FN3O4S/c1-29-18-7-2-3-8-19(18)31-16-21(28)27(11-5-10-26-12-14-30-15-13-26)23-25-22-17(24)6-4-9-20(22)32-23/h2-4,6-9H,5,10-16H2,1H3. The first-order chi connectivity index (χ1) is 15.7. The van der Waals surface area contributed by atoms with Crippen LogP contribution in [0.1, 0.15) is 6.42 Å². The van der Waals surface area contributed by atoms with Crippen LogP contribution in [-0.2, 0) is 9.53 Å². The highest BCUT2D eigenvalue weighted by molar-refractivity contribution is 7.22. The predicted octanol–water partition coefficient (Wildman–Crippen LogP) is 3.58. The Bertz CT molecular complexity index is 1050. The zero-order valence-corrected chi connectivity index (χ0v) is 18.8. The quantitative estimate of drug-likeness (QED) is 0.488. The zero-order chi connectivity index (χ0) is 22.3. The number of ether oxygens (including phenoxy) is 3. The van der Waals surface area contributed by atoms with Crippen LogP contribution < -0.4 is 14.4 Å². The van der Waals surface area contributed by atoms with Gasteiger partial charge in [0.05, 0.1) is 25.0 Å². The van der Waals surface area contributed by atoms with E-state index in [2.05, 4.69) is 9.88 Å². The first kappa shape index (κ1) is 22.4. The summed E-state index contributed by atoms with van der Waals surface area (Å²) in [5.41, 5.74) is 0.282. The molecule has 0 bridgehead atoms. The molecule has 170 valence electrons. The van der Waals surface area contributed by atoms with E-state index in [1.165, 1.54) is 17.4 Å². The molecule has 1 aliphatic heterocycles. The molecule has 7 nitrogen and oxygen atoms in total. The lowest BCUT2D eigenvalue weighted by Gasteiger charge is -2.27. The normalized spacial score (nSPS) is 14.4. The maximum atomic E-state index is 14.2. The maximum absolute atomic E-state index is 14.2. The average molecular weight is 460 g/mol. The van der Waals surface area contributed by atoms with Crippen LogP contribution in [0.25, 0.3) is 10.2 Å². The molecule has 2 heterocycles.